The van der Waals surface area contributed by atoms with Crippen LogP contribution >= 0.6 is 27.7 Å². The summed E-state index contributed by atoms with van der Waals surface area (Å²) in [6.45, 7) is 1.57. The van der Waals surface area contributed by atoms with Crippen molar-refractivity contribution < 1.29 is 4.79 Å². The highest BCUT2D eigenvalue weighted by molar-refractivity contribution is 9.10. The third kappa shape index (κ3) is 3.57. The summed E-state index contributed by atoms with van der Waals surface area (Å²) in [5.74, 6) is 2.02. The fourth-order valence-corrected chi connectivity index (χ4v) is 4.22. The second kappa shape index (κ2) is 7.68. The first kappa shape index (κ1) is 17.4. The molecule has 0 spiro atoms. The molecule has 2 aromatic carbocycles. The number of carbonyl (C=O) groups is 1. The Kier molecular flexibility index (Phi) is 5.13. The van der Waals surface area contributed by atoms with Gasteiger partial charge < -0.3 is 10.2 Å². The first-order valence-corrected chi connectivity index (χ1v) is 10.4. The molecule has 0 atom stereocenters. The van der Waals surface area contributed by atoms with Crippen molar-refractivity contribution in [1.82, 2.24) is 9.88 Å². The Labute approximate surface area is 165 Å². The molecule has 1 N–H and O–H groups in total. The number of benzene rings is 2. The lowest BCUT2D eigenvalue weighted by molar-refractivity contribution is 0.0773. The van der Waals surface area contributed by atoms with Gasteiger partial charge in [-0.25, -0.2) is 0 Å². The van der Waals surface area contributed by atoms with Gasteiger partial charge in [0.25, 0.3) is 5.91 Å². The predicted molar refractivity (Wildman–Crippen MR) is 112 cm³/mol. The summed E-state index contributed by atoms with van der Waals surface area (Å²) in [5.41, 5.74) is 3.25. The fraction of sp³-hybridized carbons (Fsp3) is 0.200. The normalized spacial score (nSPS) is 14.4. The largest absolute Gasteiger partial charge is 0.354 e. The molecule has 132 valence electrons. The molecule has 0 bridgehead atoms. The lowest BCUT2D eigenvalue weighted by Crippen LogP contribution is -2.38. The first-order chi connectivity index (χ1) is 12.7. The van der Waals surface area contributed by atoms with Crippen LogP contribution in [0, 0.1) is 0 Å². The van der Waals surface area contributed by atoms with E-state index in [0.717, 1.165) is 51.3 Å². The van der Waals surface area contributed by atoms with Gasteiger partial charge in [-0.05, 0) is 30.3 Å². The van der Waals surface area contributed by atoms with E-state index in [0.29, 0.717) is 5.56 Å². The van der Waals surface area contributed by atoms with Crippen molar-refractivity contribution in [2.24, 2.45) is 0 Å². The van der Waals surface area contributed by atoms with E-state index in [1.165, 1.54) is 0 Å². The molecule has 4 nitrogen and oxygen atoms in total. The zero-order valence-electron chi connectivity index (χ0n) is 14.1. The van der Waals surface area contributed by atoms with Crippen LogP contribution in [0.5, 0.6) is 0 Å². The second-order valence-electron chi connectivity index (χ2n) is 6.10. The Morgan fingerprint density at radius 1 is 1.08 bits per heavy atom. The maximum Gasteiger partial charge on any atom is 0.257 e. The van der Waals surface area contributed by atoms with Crippen molar-refractivity contribution in [2.45, 2.75) is 0 Å². The molecule has 1 amide bonds. The molecule has 0 saturated carbocycles. The Hall–Kier alpha value is -2.05. The zero-order valence-corrected chi connectivity index (χ0v) is 16.5. The topological polar surface area (TPSA) is 45.2 Å². The summed E-state index contributed by atoms with van der Waals surface area (Å²) in [5, 5.41) is 4.40. The lowest BCUT2D eigenvalue weighted by Gasteiger charge is -2.27. The highest BCUT2D eigenvalue weighted by Gasteiger charge is 2.23. The summed E-state index contributed by atoms with van der Waals surface area (Å²) in [6, 6.07) is 15.9. The molecule has 2 heterocycles. The third-order valence-electron chi connectivity index (χ3n) is 4.42. The van der Waals surface area contributed by atoms with Crippen molar-refractivity contribution in [1.29, 1.82) is 0 Å². The van der Waals surface area contributed by atoms with Crippen LogP contribution in [-0.4, -0.2) is 40.4 Å². The quantitative estimate of drug-likeness (QED) is 0.643. The number of thioether (sulfide) groups is 1. The van der Waals surface area contributed by atoms with E-state index in [1.54, 1.807) is 6.20 Å². The number of para-hydroxylation sites is 1. The van der Waals surface area contributed by atoms with E-state index in [9.17, 15) is 4.79 Å². The monoisotopic (exact) mass is 427 g/mol. The molecule has 0 unspecified atom stereocenters. The van der Waals surface area contributed by atoms with Gasteiger partial charge in [-0.15, -0.1) is 0 Å². The number of fused-ring (bicyclic) bond motifs is 1. The summed E-state index contributed by atoms with van der Waals surface area (Å²) in [7, 11) is 0. The van der Waals surface area contributed by atoms with Gasteiger partial charge in [-0.3, -0.25) is 9.78 Å². The van der Waals surface area contributed by atoms with Crippen LogP contribution < -0.4 is 5.32 Å². The van der Waals surface area contributed by atoms with Crippen LogP contribution in [0.15, 0.2) is 59.2 Å². The number of rotatable bonds is 3. The molecule has 1 aliphatic rings. The van der Waals surface area contributed by atoms with E-state index < -0.39 is 0 Å². The Bertz CT molecular complexity index is 939. The van der Waals surface area contributed by atoms with E-state index in [4.69, 9.17) is 0 Å². The van der Waals surface area contributed by atoms with Crippen LogP contribution in [0.1, 0.15) is 10.4 Å². The van der Waals surface area contributed by atoms with Crippen molar-refractivity contribution in [3.8, 4) is 0 Å². The molecular weight excluding hydrogens is 410 g/mol. The number of hydrogen-bond acceptors (Lipinski definition) is 4. The highest BCUT2D eigenvalue weighted by atomic mass is 79.9. The molecule has 1 aromatic heterocycles. The number of nitrogens with zero attached hydrogens (tertiary/aromatic N) is 2. The molecule has 1 aliphatic heterocycles. The number of anilines is 2. The number of carbonyl (C=O) groups excluding carboxylic acids is 1. The van der Waals surface area contributed by atoms with Crippen molar-refractivity contribution in [3.05, 3.63) is 64.8 Å². The van der Waals surface area contributed by atoms with Crippen LogP contribution in [0.2, 0.25) is 0 Å². The predicted octanol–water partition coefficient (Wildman–Crippen LogP) is 4.93. The molecule has 4 rings (SSSR count). The Balaban J connectivity index is 1.78. The minimum atomic E-state index is 0.0446. The molecule has 1 fully saturated rings. The third-order valence-corrected chi connectivity index (χ3v) is 5.89. The number of halogens is 1. The van der Waals surface area contributed by atoms with Gasteiger partial charge in [0.1, 0.15) is 0 Å². The SMILES string of the molecule is O=C(c1cnc2ccccc2c1Nc1ccc(Br)cc1)N1CCSCC1. The Morgan fingerprint density at radius 3 is 2.58 bits per heavy atom. The van der Waals surface area contributed by atoms with Gasteiger partial charge >= 0.3 is 0 Å². The number of amides is 1. The Morgan fingerprint density at radius 2 is 1.81 bits per heavy atom. The molecule has 26 heavy (non-hydrogen) atoms. The van der Waals surface area contributed by atoms with Crippen molar-refractivity contribution in [2.75, 3.05) is 29.9 Å². The fourth-order valence-electron chi connectivity index (χ4n) is 3.05. The van der Waals surface area contributed by atoms with E-state index in [1.807, 2.05) is 65.2 Å². The number of hydrogen-bond donors (Lipinski definition) is 1. The summed E-state index contributed by atoms with van der Waals surface area (Å²) < 4.78 is 1.02. The standard InChI is InChI=1S/C20H18BrN3OS/c21-14-5-7-15(8-6-14)23-19-16-3-1-2-4-18(16)22-13-17(19)20(25)24-9-11-26-12-10-24/h1-8,13H,9-12H2,(H,22,23). The average molecular weight is 428 g/mol. The molecule has 6 heteroatoms. The molecular formula is C20H18BrN3OS. The van der Waals surface area contributed by atoms with Crippen molar-refractivity contribution >= 4 is 55.9 Å². The minimum Gasteiger partial charge on any atom is -0.354 e. The van der Waals surface area contributed by atoms with Gasteiger partial charge in [0.05, 0.1) is 16.8 Å². The maximum atomic E-state index is 13.1. The first-order valence-electron chi connectivity index (χ1n) is 8.50. The molecule has 0 radical (unpaired) electrons. The van der Waals surface area contributed by atoms with E-state index in [2.05, 4.69) is 26.2 Å². The maximum absolute atomic E-state index is 13.1. The van der Waals surface area contributed by atoms with Gasteiger partial charge in [-0.2, -0.15) is 11.8 Å². The summed E-state index contributed by atoms with van der Waals surface area (Å²) in [6.07, 6.45) is 1.70. The highest BCUT2D eigenvalue weighted by Crippen LogP contribution is 2.31. The molecule has 0 aliphatic carbocycles. The van der Waals surface area contributed by atoms with Gasteiger partial charge in [0.15, 0.2) is 0 Å². The van der Waals surface area contributed by atoms with Crippen LogP contribution in [0.3, 0.4) is 0 Å². The van der Waals surface area contributed by atoms with Crippen molar-refractivity contribution in [3.63, 3.8) is 0 Å². The van der Waals surface area contributed by atoms with Crippen LogP contribution in [-0.2, 0) is 0 Å². The summed E-state index contributed by atoms with van der Waals surface area (Å²) in [4.78, 5) is 19.6. The summed E-state index contributed by atoms with van der Waals surface area (Å²) >= 11 is 5.35. The number of aromatic nitrogens is 1. The smallest absolute Gasteiger partial charge is 0.257 e. The van der Waals surface area contributed by atoms with Gasteiger partial charge in [0, 0.05) is 46.3 Å². The molecule has 3 aromatic rings. The second-order valence-corrected chi connectivity index (χ2v) is 8.24. The van der Waals surface area contributed by atoms with Crippen LogP contribution in [0.4, 0.5) is 11.4 Å². The average Bonchev–Trinajstić information content (AvgIpc) is 2.70. The minimum absolute atomic E-state index is 0.0446. The zero-order chi connectivity index (χ0) is 17.9. The van der Waals surface area contributed by atoms with Gasteiger partial charge in [0.2, 0.25) is 0 Å². The van der Waals surface area contributed by atoms with E-state index in [-0.39, 0.29) is 5.91 Å². The number of nitrogens with one attached hydrogen (secondary N) is 1. The molecule has 1 saturated heterocycles. The lowest BCUT2D eigenvalue weighted by atomic mass is 10.1. The van der Waals surface area contributed by atoms with E-state index >= 15 is 0 Å². The number of pyridine rings is 1. The van der Waals surface area contributed by atoms with Crippen LogP contribution in [0.25, 0.3) is 10.9 Å². The van der Waals surface area contributed by atoms with Gasteiger partial charge in [-0.1, -0.05) is 34.1 Å².